The number of fused-ring (bicyclic) bond motifs is 4. The van der Waals surface area contributed by atoms with E-state index in [1.807, 2.05) is 180 Å². The second-order valence-corrected chi connectivity index (χ2v) is 38.3. The highest BCUT2D eigenvalue weighted by Crippen LogP contribution is 2.42. The van der Waals surface area contributed by atoms with Crippen molar-refractivity contribution in [1.29, 1.82) is 0 Å². The number of ether oxygens (including phenoxy) is 9. The van der Waals surface area contributed by atoms with Crippen LogP contribution in [0.15, 0.2) is 226 Å². The number of aliphatic hydroxyl groups excluding tert-OH is 1. The van der Waals surface area contributed by atoms with Crippen LogP contribution in [-0.4, -0.2) is 217 Å². The number of aliphatic hydroxyl groups is 1. The van der Waals surface area contributed by atoms with Crippen molar-refractivity contribution in [1.82, 2.24) is 89.7 Å². The molecule has 0 saturated carbocycles. The van der Waals surface area contributed by atoms with Gasteiger partial charge in [-0.2, -0.15) is 24.1 Å². The summed E-state index contributed by atoms with van der Waals surface area (Å²) in [5.74, 6) is 5.91. The van der Waals surface area contributed by atoms with Crippen molar-refractivity contribution in [3.05, 3.63) is 226 Å². The molecule has 8 heterocycles. The Hall–Kier alpha value is -14.7. The number of nitrogens with zero attached hydrogens (tertiary/aromatic N) is 19. The SMILES string of the molecule is COc1cc(OC(F)F)cc(N(CCNC(C)C)c2ccc3ncc(-c4ccn(C)c4)nc3c2)c1.COc1cc(OC)cc(N(CC(NC(C)C)C(C)C)c2ccc3ncc(-c4cnn(C)c4)nc3c2)c1.COc1cc(OC)cc(N(CC(OCC(O)C(C)C)C(C)C)c2ccc3ncc(-c4cnn(C)c4)nc3c2)c1.COc1cc(OC)cc(N(c2ccc3ncc(-c4cnn(C)c4)nc3c2)C(CNC(C)C)C(C)C)c1. The minimum absolute atomic E-state index is 0.0307. The number of halogens is 2. The summed E-state index contributed by atoms with van der Waals surface area (Å²) in [6, 6.07) is 50.4. The second kappa shape index (κ2) is 50.7. The zero-order valence-electron chi connectivity index (χ0n) is 88.4. The lowest BCUT2D eigenvalue weighted by atomic mass is 9.99. The standard InChI is InChI=1S/C30H39N5O4.2C28H36N6O2.C26H29F2N5O2/c1-19(2)29(36)18-39-30(20(3)4)17-35(23-10-24(37-6)13-25(11-23)38-7)22-8-9-26-27(12-22)33-28(15-31-26)21-14-32-34(5)16-21;1-18(2)28(16-29-19(3)4)34(22-10-23(35-6)13-24(11-22)36-7)21-8-9-25-26(12-21)32-27(15-30-25)20-14-31-33(5)17-20;1-18(2)28(31-19(3)4)17-34(22-10-23(35-6)13-24(11-22)36-7)21-8-9-25-26(12-21)32-27(15-29-25)20-14-30-33(5)16-20;1-17(2)29-8-10-33(20-11-21(34-4)14-22(12-20)35-26(27)28)19-5-6-23-24(13-19)31-25(15-30-23)18-7-9-32(3)16-18/h8-16,19-20,29-30,36H,17-18H2,1-7H3;8-15,17-19,28-29H,16H2,1-7H3;8-16,18-19,28,31H,17H2,1-7H3;5-7,9,11-17,26,29H,8,10H2,1-4H3. The van der Waals surface area contributed by atoms with Gasteiger partial charge in [0, 0.05) is 263 Å². The Morgan fingerprint density at radius 1 is 0.349 bits per heavy atom. The van der Waals surface area contributed by atoms with E-state index in [1.54, 1.807) is 112 Å². The molecule has 146 heavy (non-hydrogen) atoms. The van der Waals surface area contributed by atoms with Gasteiger partial charge in [0.2, 0.25) is 0 Å². The summed E-state index contributed by atoms with van der Waals surface area (Å²) in [4.78, 5) is 46.9. The molecule has 8 aromatic carbocycles. The highest BCUT2D eigenvalue weighted by molar-refractivity contribution is 5.87. The fraction of sp³-hybridized carbons (Fsp3) is 0.384. The van der Waals surface area contributed by atoms with E-state index in [1.165, 1.54) is 13.2 Å². The summed E-state index contributed by atoms with van der Waals surface area (Å²) < 4.78 is 83.0. The Morgan fingerprint density at radius 2 is 0.712 bits per heavy atom. The molecule has 772 valence electrons. The molecule has 4 unspecified atom stereocenters. The molecule has 34 heteroatoms. The number of aromatic nitrogens is 15. The minimum atomic E-state index is -2.93. The summed E-state index contributed by atoms with van der Waals surface area (Å²) >= 11 is 0. The third-order valence-corrected chi connectivity index (χ3v) is 24.8. The number of methoxy groups -OCH3 is 7. The van der Waals surface area contributed by atoms with Gasteiger partial charge in [0.15, 0.2) is 0 Å². The van der Waals surface area contributed by atoms with Crippen LogP contribution in [0.5, 0.6) is 46.0 Å². The van der Waals surface area contributed by atoms with Gasteiger partial charge in [0.05, 0.1) is 179 Å². The second-order valence-electron chi connectivity index (χ2n) is 38.3. The summed E-state index contributed by atoms with van der Waals surface area (Å²) in [6.45, 7) is 30.8. The molecule has 0 fully saturated rings. The van der Waals surface area contributed by atoms with Crippen LogP contribution in [0.1, 0.15) is 96.9 Å². The van der Waals surface area contributed by atoms with Crippen molar-refractivity contribution in [2.45, 2.75) is 146 Å². The molecule has 0 aliphatic heterocycles. The van der Waals surface area contributed by atoms with E-state index < -0.39 is 12.7 Å². The molecule has 0 radical (unpaired) electrons. The molecule has 4 N–H and O–H groups in total. The minimum Gasteiger partial charge on any atom is -0.497 e. The van der Waals surface area contributed by atoms with E-state index in [2.05, 4.69) is 190 Å². The topological polar surface area (TPSA) is 314 Å². The van der Waals surface area contributed by atoms with Crippen molar-refractivity contribution in [2.75, 3.05) is 109 Å². The van der Waals surface area contributed by atoms with Crippen LogP contribution < -0.4 is 73.4 Å². The van der Waals surface area contributed by atoms with Crippen LogP contribution in [0.25, 0.3) is 89.2 Å². The van der Waals surface area contributed by atoms with Crippen molar-refractivity contribution in [3.63, 3.8) is 0 Å². The fourth-order valence-electron chi connectivity index (χ4n) is 16.6. The van der Waals surface area contributed by atoms with Gasteiger partial charge >= 0.3 is 6.61 Å². The summed E-state index contributed by atoms with van der Waals surface area (Å²) in [6.07, 6.45) is 21.6. The van der Waals surface area contributed by atoms with Gasteiger partial charge in [0.25, 0.3) is 0 Å². The molecule has 32 nitrogen and oxygen atoms in total. The molecule has 16 rings (SSSR count). The molecule has 0 aliphatic rings. The van der Waals surface area contributed by atoms with Gasteiger partial charge in [-0.1, -0.05) is 96.9 Å². The van der Waals surface area contributed by atoms with E-state index in [-0.39, 0.29) is 42.4 Å². The number of benzene rings is 8. The fourth-order valence-corrected chi connectivity index (χ4v) is 16.6. The lowest BCUT2D eigenvalue weighted by molar-refractivity contribution is -0.0499. The number of alkyl halides is 2. The molecule has 0 spiro atoms. The number of hydrogen-bond donors (Lipinski definition) is 4. The van der Waals surface area contributed by atoms with Crippen LogP contribution in [0.4, 0.5) is 54.3 Å². The Labute approximate surface area is 854 Å². The van der Waals surface area contributed by atoms with Gasteiger partial charge in [-0.3, -0.25) is 34.0 Å². The maximum atomic E-state index is 13.0. The van der Waals surface area contributed by atoms with E-state index in [0.29, 0.717) is 72.5 Å². The third kappa shape index (κ3) is 28.9. The van der Waals surface area contributed by atoms with Crippen LogP contribution in [0, 0.1) is 23.7 Å². The Bertz CT molecular complexity index is 6880. The molecule has 16 aromatic rings. The van der Waals surface area contributed by atoms with Gasteiger partial charge in [0.1, 0.15) is 46.0 Å². The van der Waals surface area contributed by atoms with E-state index in [4.69, 9.17) is 57.8 Å². The number of aryl methyl sites for hydroxylation is 4. The largest absolute Gasteiger partial charge is 0.497 e. The average Bonchev–Trinajstić information content (AvgIpc) is 1.51. The molecule has 4 atom stereocenters. The normalized spacial score (nSPS) is 12.4. The summed E-state index contributed by atoms with van der Waals surface area (Å²) in [5, 5.41) is 34.0. The molecule has 0 bridgehead atoms. The first-order valence-corrected chi connectivity index (χ1v) is 49.2. The zero-order valence-corrected chi connectivity index (χ0v) is 88.4. The van der Waals surface area contributed by atoms with Gasteiger partial charge in [-0.05, 0) is 103 Å². The summed E-state index contributed by atoms with van der Waals surface area (Å²) in [5.41, 5.74) is 20.6. The molecule has 0 amide bonds. The first-order chi connectivity index (χ1) is 70.0. The predicted octanol–water partition coefficient (Wildman–Crippen LogP) is 21.0. The Morgan fingerprint density at radius 3 is 1.05 bits per heavy atom. The highest BCUT2D eigenvalue weighted by Gasteiger charge is 2.30. The van der Waals surface area contributed by atoms with Gasteiger partial charge < -0.3 is 87.9 Å². The van der Waals surface area contributed by atoms with Crippen molar-refractivity contribution in [3.8, 4) is 91.0 Å². The zero-order chi connectivity index (χ0) is 105. The van der Waals surface area contributed by atoms with Gasteiger partial charge in [-0.25, -0.2) is 19.9 Å². The average molecular weight is 1990 g/mol. The van der Waals surface area contributed by atoms with Crippen LogP contribution in [0.2, 0.25) is 0 Å². The first kappa shape index (κ1) is 109. The maximum absolute atomic E-state index is 13.0. The monoisotopic (exact) mass is 1990 g/mol. The number of nitrogens with one attached hydrogen (secondary N) is 3. The smallest absolute Gasteiger partial charge is 0.387 e. The van der Waals surface area contributed by atoms with Crippen LogP contribution in [-0.2, 0) is 32.9 Å². The van der Waals surface area contributed by atoms with Crippen molar-refractivity contribution < 1.29 is 56.5 Å². The molecule has 8 aromatic heterocycles. The van der Waals surface area contributed by atoms with E-state index in [0.717, 1.165) is 165 Å². The lowest BCUT2D eigenvalue weighted by Crippen LogP contribution is -2.45. The molecule has 0 saturated heterocycles. The van der Waals surface area contributed by atoms with Crippen molar-refractivity contribution in [2.24, 2.45) is 51.9 Å². The summed E-state index contributed by atoms with van der Waals surface area (Å²) in [7, 11) is 19.1. The number of anilines is 8. The Kier molecular flexibility index (Phi) is 37.7. The lowest BCUT2D eigenvalue weighted by Gasteiger charge is -2.37. The quantitative estimate of drug-likeness (QED) is 0.0276. The van der Waals surface area contributed by atoms with Crippen LogP contribution >= 0.6 is 0 Å². The van der Waals surface area contributed by atoms with E-state index in [9.17, 15) is 13.9 Å². The first-order valence-electron chi connectivity index (χ1n) is 49.2. The molecular formula is C112H140F2N22O10. The molecular weight excluding hydrogens is 1850 g/mol. The maximum Gasteiger partial charge on any atom is 0.387 e. The van der Waals surface area contributed by atoms with Gasteiger partial charge in [-0.15, -0.1) is 0 Å². The third-order valence-electron chi connectivity index (χ3n) is 24.8. The Balaban J connectivity index is 0.000000163. The van der Waals surface area contributed by atoms with Crippen LogP contribution in [0.3, 0.4) is 0 Å². The predicted molar refractivity (Wildman–Crippen MR) is 578 cm³/mol. The number of hydrogen-bond acceptors (Lipinski definition) is 28. The van der Waals surface area contributed by atoms with E-state index >= 15 is 0 Å². The molecule has 0 aliphatic carbocycles. The number of rotatable bonds is 42. The van der Waals surface area contributed by atoms with Crippen molar-refractivity contribution >= 4 is 89.6 Å². The highest BCUT2D eigenvalue weighted by atomic mass is 19.3.